The van der Waals surface area contributed by atoms with Crippen LogP contribution in [0.2, 0.25) is 0 Å². The van der Waals surface area contributed by atoms with Crippen molar-refractivity contribution in [3.63, 3.8) is 0 Å². The molecule has 0 aliphatic heterocycles. The molecule has 1 aliphatic rings. The number of carbonyl (C=O) groups excluding carboxylic acids is 3. The minimum atomic E-state index is -0.385. The Labute approximate surface area is 123 Å². The van der Waals surface area contributed by atoms with E-state index in [1.54, 1.807) is 19.1 Å². The molecular weight excluding hydrogens is 272 g/mol. The monoisotopic (exact) mass is 290 g/mol. The molecule has 2 amide bonds. The summed E-state index contributed by atoms with van der Waals surface area (Å²) >= 11 is 0. The maximum atomic E-state index is 11.8. The molecule has 0 heterocycles. The topological polar surface area (TPSA) is 75.7 Å². The first-order chi connectivity index (χ1) is 10.1. The first-order valence-corrected chi connectivity index (χ1v) is 6.88. The molecule has 1 aromatic carbocycles. The average Bonchev–Trinajstić information content (AvgIpc) is 2.87. The van der Waals surface area contributed by atoms with E-state index in [9.17, 15) is 14.4 Å². The number of hydrogen-bond donors (Lipinski definition) is 1. The van der Waals surface area contributed by atoms with Crippen molar-refractivity contribution < 1.29 is 19.1 Å². The van der Waals surface area contributed by atoms with Crippen LogP contribution in [0.4, 0.5) is 0 Å². The molecule has 0 saturated carbocycles. The van der Waals surface area contributed by atoms with E-state index in [0.29, 0.717) is 25.0 Å². The minimum absolute atomic E-state index is 0.249. The van der Waals surface area contributed by atoms with Crippen molar-refractivity contribution in [1.29, 1.82) is 0 Å². The maximum Gasteiger partial charge on any atom is 0.338 e. The number of esters is 1. The number of hydrazine groups is 1. The zero-order valence-electron chi connectivity index (χ0n) is 12.1. The third kappa shape index (κ3) is 3.04. The highest BCUT2D eigenvalue weighted by Crippen LogP contribution is 2.35. The first kappa shape index (κ1) is 15.0. The van der Waals surface area contributed by atoms with E-state index in [1.165, 1.54) is 11.9 Å². The molecule has 1 unspecified atom stereocenters. The number of aryl methyl sites for hydroxylation is 1. The molecule has 1 aromatic rings. The molecule has 0 saturated heterocycles. The Morgan fingerprint density at radius 3 is 2.86 bits per heavy atom. The summed E-state index contributed by atoms with van der Waals surface area (Å²) in [6, 6.07) is 5.09. The van der Waals surface area contributed by atoms with Gasteiger partial charge >= 0.3 is 5.97 Å². The van der Waals surface area contributed by atoms with E-state index in [4.69, 9.17) is 4.74 Å². The number of amides is 2. The lowest BCUT2D eigenvalue weighted by Gasteiger charge is -2.27. The predicted molar refractivity (Wildman–Crippen MR) is 75.2 cm³/mol. The molecule has 2 rings (SSSR count). The summed E-state index contributed by atoms with van der Waals surface area (Å²) in [5.41, 5.74) is 4.84. The summed E-state index contributed by atoms with van der Waals surface area (Å²) in [7, 11) is 0. The van der Waals surface area contributed by atoms with Gasteiger partial charge in [-0.3, -0.25) is 15.0 Å². The van der Waals surface area contributed by atoms with Crippen molar-refractivity contribution in [2.45, 2.75) is 32.7 Å². The van der Waals surface area contributed by atoms with E-state index in [2.05, 4.69) is 5.43 Å². The molecule has 6 nitrogen and oxygen atoms in total. The van der Waals surface area contributed by atoms with E-state index < -0.39 is 0 Å². The van der Waals surface area contributed by atoms with Crippen molar-refractivity contribution in [1.82, 2.24) is 10.4 Å². The zero-order valence-corrected chi connectivity index (χ0v) is 12.1. The van der Waals surface area contributed by atoms with Crippen LogP contribution in [0.25, 0.3) is 0 Å². The van der Waals surface area contributed by atoms with Gasteiger partial charge in [-0.15, -0.1) is 0 Å². The van der Waals surface area contributed by atoms with Gasteiger partial charge in [0.15, 0.2) is 0 Å². The summed E-state index contributed by atoms with van der Waals surface area (Å²) in [6.45, 7) is 3.45. The first-order valence-electron chi connectivity index (χ1n) is 6.88. The molecule has 112 valence electrons. The van der Waals surface area contributed by atoms with Crippen molar-refractivity contribution in [3.05, 3.63) is 34.9 Å². The lowest BCUT2D eigenvalue weighted by Crippen LogP contribution is -2.42. The van der Waals surface area contributed by atoms with Gasteiger partial charge in [0.05, 0.1) is 18.2 Å². The summed E-state index contributed by atoms with van der Waals surface area (Å²) in [5, 5.41) is 1.30. The summed E-state index contributed by atoms with van der Waals surface area (Å²) in [5.74, 6) is -0.634. The number of benzene rings is 1. The third-order valence-electron chi connectivity index (χ3n) is 3.55. The van der Waals surface area contributed by atoms with Gasteiger partial charge in [0.2, 0.25) is 12.3 Å². The molecule has 1 atom stereocenters. The Bertz CT molecular complexity index is 571. The quantitative estimate of drug-likeness (QED) is 0.505. The number of fused-ring (bicyclic) bond motifs is 1. The van der Waals surface area contributed by atoms with Gasteiger partial charge in [0, 0.05) is 6.92 Å². The number of nitrogens with one attached hydrogen (secondary N) is 1. The standard InChI is InChI=1S/C15H18N2O4/c1-3-21-15(20)12-5-4-11-6-7-14(13(11)8-12)17(10(2)19)16-9-18/h4-5,8-9,14H,3,6-7H2,1-2H3,(H,16,18). The van der Waals surface area contributed by atoms with Crippen molar-refractivity contribution in [2.24, 2.45) is 0 Å². The molecule has 0 fully saturated rings. The molecule has 1 aliphatic carbocycles. The minimum Gasteiger partial charge on any atom is -0.462 e. The van der Waals surface area contributed by atoms with Gasteiger partial charge in [-0.1, -0.05) is 6.07 Å². The van der Waals surface area contributed by atoms with Crippen LogP contribution in [0.5, 0.6) is 0 Å². The zero-order chi connectivity index (χ0) is 15.4. The van der Waals surface area contributed by atoms with Gasteiger partial charge in [0.25, 0.3) is 0 Å². The highest BCUT2D eigenvalue weighted by molar-refractivity contribution is 5.90. The van der Waals surface area contributed by atoms with Crippen molar-refractivity contribution >= 4 is 18.3 Å². The van der Waals surface area contributed by atoms with Gasteiger partial charge < -0.3 is 4.74 Å². The number of rotatable bonds is 5. The molecule has 21 heavy (non-hydrogen) atoms. The van der Waals surface area contributed by atoms with Crippen LogP contribution < -0.4 is 5.43 Å². The summed E-state index contributed by atoms with van der Waals surface area (Å²) in [4.78, 5) is 34.1. The van der Waals surface area contributed by atoms with Crippen LogP contribution >= 0.6 is 0 Å². The predicted octanol–water partition coefficient (Wildman–Crippen LogP) is 1.36. The lowest BCUT2D eigenvalue weighted by atomic mass is 10.0. The van der Waals surface area contributed by atoms with E-state index >= 15 is 0 Å². The second-order valence-corrected chi connectivity index (χ2v) is 4.82. The Balaban J connectivity index is 2.32. The fourth-order valence-electron chi connectivity index (χ4n) is 2.65. The Kier molecular flexibility index (Phi) is 4.57. The fourth-order valence-corrected chi connectivity index (χ4v) is 2.65. The van der Waals surface area contributed by atoms with E-state index in [1.807, 2.05) is 6.07 Å². The number of ether oxygens (including phenoxy) is 1. The normalized spacial score (nSPS) is 16.0. The van der Waals surface area contributed by atoms with Gasteiger partial charge in [-0.25, -0.2) is 9.80 Å². The van der Waals surface area contributed by atoms with Crippen molar-refractivity contribution in [3.8, 4) is 0 Å². The van der Waals surface area contributed by atoms with Crippen LogP contribution in [0.1, 0.15) is 47.8 Å². The van der Waals surface area contributed by atoms with Crippen molar-refractivity contribution in [2.75, 3.05) is 6.61 Å². The molecule has 6 heteroatoms. The largest absolute Gasteiger partial charge is 0.462 e. The van der Waals surface area contributed by atoms with Crippen LogP contribution in [-0.4, -0.2) is 29.9 Å². The number of carbonyl (C=O) groups is 3. The van der Waals surface area contributed by atoms with Crippen LogP contribution in [0, 0.1) is 0 Å². The Morgan fingerprint density at radius 1 is 1.48 bits per heavy atom. The smallest absolute Gasteiger partial charge is 0.338 e. The highest BCUT2D eigenvalue weighted by Gasteiger charge is 2.30. The fraction of sp³-hybridized carbons (Fsp3) is 0.400. The van der Waals surface area contributed by atoms with Crippen LogP contribution in [0.15, 0.2) is 18.2 Å². The molecule has 0 radical (unpaired) electrons. The maximum absolute atomic E-state index is 11.8. The second-order valence-electron chi connectivity index (χ2n) is 4.82. The van der Waals surface area contributed by atoms with E-state index in [0.717, 1.165) is 17.5 Å². The highest BCUT2D eigenvalue weighted by atomic mass is 16.5. The van der Waals surface area contributed by atoms with Gasteiger partial charge in [-0.2, -0.15) is 0 Å². The molecule has 0 aromatic heterocycles. The summed E-state index contributed by atoms with van der Waals surface area (Å²) in [6.07, 6.45) is 1.99. The molecule has 0 bridgehead atoms. The van der Waals surface area contributed by atoms with Crippen LogP contribution in [-0.2, 0) is 20.7 Å². The van der Waals surface area contributed by atoms with Crippen LogP contribution in [0.3, 0.4) is 0 Å². The summed E-state index contributed by atoms with van der Waals surface area (Å²) < 4.78 is 4.99. The number of nitrogens with zero attached hydrogens (tertiary/aromatic N) is 1. The molecule has 1 N–H and O–H groups in total. The van der Waals surface area contributed by atoms with Gasteiger partial charge in [-0.05, 0) is 43.0 Å². The Morgan fingerprint density at radius 2 is 2.24 bits per heavy atom. The number of hydrogen-bond acceptors (Lipinski definition) is 4. The Hall–Kier alpha value is -2.37. The molecular formula is C15H18N2O4. The third-order valence-corrected chi connectivity index (χ3v) is 3.55. The lowest BCUT2D eigenvalue weighted by molar-refractivity contribution is -0.138. The average molecular weight is 290 g/mol. The van der Waals surface area contributed by atoms with E-state index in [-0.39, 0.29) is 17.9 Å². The SMILES string of the molecule is CCOC(=O)c1ccc2c(c1)C(N(NC=O)C(C)=O)CC2. The van der Waals surface area contributed by atoms with Gasteiger partial charge in [0.1, 0.15) is 0 Å². The second kappa shape index (κ2) is 6.39. The molecule has 0 spiro atoms.